The molecule has 0 saturated carbocycles. The van der Waals surface area contributed by atoms with Crippen molar-refractivity contribution in [1.82, 2.24) is 10.0 Å². The van der Waals surface area contributed by atoms with E-state index in [1.54, 1.807) is 14.2 Å². The summed E-state index contributed by atoms with van der Waals surface area (Å²) in [7, 11) is 4.60. The topological polar surface area (TPSA) is 74.0 Å². The lowest BCUT2D eigenvalue weighted by atomic mass is 10.1. The van der Waals surface area contributed by atoms with Gasteiger partial charge in [-0.25, -0.2) is 10.0 Å². The van der Waals surface area contributed by atoms with E-state index in [2.05, 4.69) is 4.98 Å². The second-order valence-corrected chi connectivity index (χ2v) is 7.56. The maximum Gasteiger partial charge on any atom is 0.255 e. The van der Waals surface area contributed by atoms with Crippen molar-refractivity contribution in [1.29, 1.82) is 0 Å². The zero-order valence-electron chi connectivity index (χ0n) is 19.4. The smallest absolute Gasteiger partial charge is 0.255 e. The number of carbonyl (C=O) groups excluding carboxylic acids is 1. The van der Waals surface area contributed by atoms with Crippen LogP contribution in [0, 0.1) is 0 Å². The van der Waals surface area contributed by atoms with Crippen molar-refractivity contribution < 1.29 is 23.5 Å². The monoisotopic (exact) mass is 458 g/mol. The highest BCUT2D eigenvalue weighted by Gasteiger charge is 2.20. The number of hydroxylamine groups is 2. The molecule has 7 nitrogen and oxygen atoms in total. The summed E-state index contributed by atoms with van der Waals surface area (Å²) in [5.41, 5.74) is 3.41. The maximum absolute atomic E-state index is 12.3. The first kappa shape index (κ1) is 23.1. The van der Waals surface area contributed by atoms with Crippen LogP contribution in [0.3, 0.4) is 0 Å². The summed E-state index contributed by atoms with van der Waals surface area (Å²) in [5.74, 6) is 2.10. The Balaban J connectivity index is 1.61. The Morgan fingerprint density at radius 3 is 2.18 bits per heavy atom. The summed E-state index contributed by atoms with van der Waals surface area (Å²) < 4.78 is 17.2. The molecule has 7 heteroatoms. The highest BCUT2D eigenvalue weighted by molar-refractivity contribution is 5.80. The van der Waals surface area contributed by atoms with E-state index in [1.807, 2.05) is 78.9 Å². The molecule has 174 valence electrons. The lowest BCUT2D eigenvalue weighted by Gasteiger charge is -2.11. The Morgan fingerprint density at radius 1 is 0.882 bits per heavy atom. The summed E-state index contributed by atoms with van der Waals surface area (Å²) in [6.45, 7) is 0.487. The van der Waals surface area contributed by atoms with Crippen molar-refractivity contribution in [3.8, 4) is 34.1 Å². The molecule has 0 N–H and O–H groups in total. The summed E-state index contributed by atoms with van der Waals surface area (Å²) in [5, 5.41) is 1.15. The minimum Gasteiger partial charge on any atom is -0.497 e. The number of aromatic nitrogens is 1. The van der Waals surface area contributed by atoms with Crippen molar-refractivity contribution in [3.63, 3.8) is 0 Å². The molecule has 1 amide bonds. The zero-order chi connectivity index (χ0) is 23.9. The van der Waals surface area contributed by atoms with Crippen LogP contribution >= 0.6 is 0 Å². The fourth-order valence-electron chi connectivity index (χ4n) is 3.37. The fourth-order valence-corrected chi connectivity index (χ4v) is 3.37. The number of ether oxygens (including phenoxy) is 2. The molecule has 0 fully saturated rings. The SMILES string of the molecule is COc1ccc(-c2oc(CC(=O)N(C)OC)nc2-c2ccc(OCc3ccccc3)cc2)cc1. The van der Waals surface area contributed by atoms with Gasteiger partial charge in [0, 0.05) is 18.2 Å². The minimum atomic E-state index is -0.263. The van der Waals surface area contributed by atoms with Gasteiger partial charge >= 0.3 is 0 Å². The van der Waals surface area contributed by atoms with Gasteiger partial charge in [0.15, 0.2) is 5.76 Å². The first-order chi connectivity index (χ1) is 16.6. The highest BCUT2D eigenvalue weighted by atomic mass is 16.7. The van der Waals surface area contributed by atoms with E-state index in [1.165, 1.54) is 7.11 Å². The second-order valence-electron chi connectivity index (χ2n) is 7.56. The number of benzene rings is 3. The van der Waals surface area contributed by atoms with E-state index in [0.29, 0.717) is 24.0 Å². The molecule has 0 spiro atoms. The highest BCUT2D eigenvalue weighted by Crippen LogP contribution is 2.34. The molecule has 0 aliphatic heterocycles. The van der Waals surface area contributed by atoms with Gasteiger partial charge in [-0.2, -0.15) is 0 Å². The third-order valence-electron chi connectivity index (χ3n) is 5.33. The molecule has 3 aromatic carbocycles. The quantitative estimate of drug-likeness (QED) is 0.323. The van der Waals surface area contributed by atoms with Crippen LogP contribution in [0.2, 0.25) is 0 Å². The fraction of sp³-hybridized carbons (Fsp3) is 0.185. The lowest BCUT2D eigenvalue weighted by Crippen LogP contribution is -2.27. The van der Waals surface area contributed by atoms with Gasteiger partial charge in [-0.1, -0.05) is 30.3 Å². The van der Waals surface area contributed by atoms with Crippen LogP contribution in [0.5, 0.6) is 11.5 Å². The number of rotatable bonds is 9. The van der Waals surface area contributed by atoms with Gasteiger partial charge in [-0.05, 0) is 54.1 Å². The molecule has 1 aromatic heterocycles. The molecule has 0 atom stereocenters. The van der Waals surface area contributed by atoms with Crippen LogP contribution in [-0.4, -0.2) is 37.2 Å². The van der Waals surface area contributed by atoms with Gasteiger partial charge in [-0.3, -0.25) is 9.63 Å². The van der Waals surface area contributed by atoms with Gasteiger partial charge in [0.2, 0.25) is 5.89 Å². The second kappa shape index (κ2) is 10.7. The largest absolute Gasteiger partial charge is 0.497 e. The number of nitrogens with zero attached hydrogens (tertiary/aromatic N) is 2. The average molecular weight is 459 g/mol. The Labute approximate surface area is 198 Å². The number of oxazole rings is 1. The van der Waals surface area contributed by atoms with E-state index in [0.717, 1.165) is 33.3 Å². The molecule has 0 radical (unpaired) electrons. The number of likely N-dealkylation sites (N-methyl/N-ethyl adjacent to an activating group) is 1. The molecular weight excluding hydrogens is 432 g/mol. The minimum absolute atomic E-state index is 0.0221. The zero-order valence-corrected chi connectivity index (χ0v) is 19.4. The number of hydrogen-bond donors (Lipinski definition) is 0. The van der Waals surface area contributed by atoms with Gasteiger partial charge in [0.05, 0.1) is 14.2 Å². The van der Waals surface area contributed by atoms with Crippen molar-refractivity contribution in [3.05, 3.63) is 90.3 Å². The summed E-state index contributed by atoms with van der Waals surface area (Å²) in [6.07, 6.45) is -0.0221. The summed E-state index contributed by atoms with van der Waals surface area (Å²) in [6, 6.07) is 25.1. The molecule has 0 unspecified atom stereocenters. The van der Waals surface area contributed by atoms with Crippen molar-refractivity contribution in [2.45, 2.75) is 13.0 Å². The van der Waals surface area contributed by atoms with Crippen molar-refractivity contribution in [2.75, 3.05) is 21.3 Å². The Hall–Kier alpha value is -4.10. The van der Waals surface area contributed by atoms with Crippen LogP contribution < -0.4 is 9.47 Å². The summed E-state index contributed by atoms with van der Waals surface area (Å²) >= 11 is 0. The standard InChI is InChI=1S/C27H26N2O5/c1-29(32-3)25(30)17-24-28-26(27(34-24)21-11-13-22(31-2)14-12-21)20-9-15-23(16-10-20)33-18-19-7-5-4-6-8-19/h4-16H,17-18H2,1-3H3. The molecule has 4 rings (SSSR count). The Kier molecular flexibility index (Phi) is 7.25. The van der Waals surface area contributed by atoms with Gasteiger partial charge in [0.25, 0.3) is 5.91 Å². The summed E-state index contributed by atoms with van der Waals surface area (Å²) in [4.78, 5) is 21.9. The first-order valence-corrected chi connectivity index (χ1v) is 10.8. The van der Waals surface area contributed by atoms with Crippen LogP contribution in [0.15, 0.2) is 83.3 Å². The molecule has 0 aliphatic carbocycles. The first-order valence-electron chi connectivity index (χ1n) is 10.8. The Bertz CT molecular complexity index is 1220. The van der Waals surface area contributed by atoms with Gasteiger partial charge < -0.3 is 13.9 Å². The normalized spacial score (nSPS) is 10.7. The molecule has 0 aliphatic rings. The third-order valence-corrected chi connectivity index (χ3v) is 5.33. The van der Waals surface area contributed by atoms with Crippen molar-refractivity contribution >= 4 is 5.91 Å². The lowest BCUT2D eigenvalue weighted by molar-refractivity contribution is -0.168. The van der Waals surface area contributed by atoms with E-state index in [9.17, 15) is 4.79 Å². The van der Waals surface area contributed by atoms with E-state index in [-0.39, 0.29) is 12.3 Å². The predicted octanol–water partition coefficient (Wildman–Crippen LogP) is 5.16. The van der Waals surface area contributed by atoms with E-state index in [4.69, 9.17) is 18.7 Å². The maximum atomic E-state index is 12.3. The van der Waals surface area contributed by atoms with Gasteiger partial charge in [0.1, 0.15) is 30.2 Å². The van der Waals surface area contributed by atoms with Crippen molar-refractivity contribution in [2.24, 2.45) is 0 Å². The predicted molar refractivity (Wildman–Crippen MR) is 128 cm³/mol. The molecule has 34 heavy (non-hydrogen) atoms. The van der Waals surface area contributed by atoms with E-state index >= 15 is 0 Å². The number of methoxy groups -OCH3 is 1. The van der Waals surface area contributed by atoms with Crippen LogP contribution in [0.1, 0.15) is 11.5 Å². The average Bonchev–Trinajstić information content (AvgIpc) is 3.31. The van der Waals surface area contributed by atoms with Crippen LogP contribution in [0.25, 0.3) is 22.6 Å². The number of carbonyl (C=O) groups is 1. The molecule has 1 heterocycles. The Morgan fingerprint density at radius 2 is 1.53 bits per heavy atom. The molecular formula is C27H26N2O5. The number of amides is 1. The molecule has 0 saturated heterocycles. The van der Waals surface area contributed by atoms with Crippen LogP contribution in [0.4, 0.5) is 0 Å². The number of hydrogen-bond acceptors (Lipinski definition) is 6. The molecule has 0 bridgehead atoms. The van der Waals surface area contributed by atoms with E-state index < -0.39 is 0 Å². The van der Waals surface area contributed by atoms with Gasteiger partial charge in [-0.15, -0.1) is 0 Å². The van der Waals surface area contributed by atoms with Crippen LogP contribution in [-0.2, 0) is 22.7 Å². The third kappa shape index (κ3) is 5.44. The molecule has 4 aromatic rings.